The number of alkyl halides is 5. The fourth-order valence-electron chi connectivity index (χ4n) is 2.21. The minimum absolute atomic E-state index is 0.0570. The van der Waals surface area contributed by atoms with Gasteiger partial charge in [-0.05, 0) is 37.1 Å². The Balaban J connectivity index is 2.53. The van der Waals surface area contributed by atoms with Gasteiger partial charge in [0.1, 0.15) is 5.82 Å². The van der Waals surface area contributed by atoms with Gasteiger partial charge in [0.2, 0.25) is 0 Å². The van der Waals surface area contributed by atoms with Crippen molar-refractivity contribution in [1.82, 2.24) is 5.32 Å². The van der Waals surface area contributed by atoms with E-state index in [0.717, 1.165) is 12.5 Å². The highest BCUT2D eigenvalue weighted by Gasteiger charge is 2.37. The van der Waals surface area contributed by atoms with Gasteiger partial charge in [0.05, 0.1) is 11.1 Å². The zero-order valence-electron chi connectivity index (χ0n) is 9.70. The minimum Gasteiger partial charge on any atom is -0.310 e. The molecular formula is C12H11F6N. The average molecular weight is 283 g/mol. The lowest BCUT2D eigenvalue weighted by molar-refractivity contribution is -0.140. The summed E-state index contributed by atoms with van der Waals surface area (Å²) in [5, 5.41) is 2.90. The monoisotopic (exact) mass is 283 g/mol. The zero-order valence-corrected chi connectivity index (χ0v) is 9.70. The Kier molecular flexibility index (Phi) is 3.75. The molecule has 7 heteroatoms. The Morgan fingerprint density at radius 1 is 1.21 bits per heavy atom. The van der Waals surface area contributed by atoms with Gasteiger partial charge in [0, 0.05) is 6.04 Å². The Bertz CT molecular complexity index is 462. The van der Waals surface area contributed by atoms with Crippen LogP contribution in [-0.4, -0.2) is 6.54 Å². The summed E-state index contributed by atoms with van der Waals surface area (Å²) < 4.78 is 76.7. The predicted molar refractivity (Wildman–Crippen MR) is 56.3 cm³/mol. The van der Waals surface area contributed by atoms with Crippen molar-refractivity contribution in [3.63, 3.8) is 0 Å². The molecule has 0 unspecified atom stereocenters. The lowest BCUT2D eigenvalue weighted by Gasteiger charge is -2.17. The summed E-state index contributed by atoms with van der Waals surface area (Å²) in [4.78, 5) is 0. The van der Waals surface area contributed by atoms with Crippen LogP contribution < -0.4 is 5.32 Å². The molecule has 0 aliphatic carbocycles. The van der Waals surface area contributed by atoms with Crippen LogP contribution in [0.25, 0.3) is 0 Å². The maximum absolute atomic E-state index is 13.5. The molecule has 0 radical (unpaired) electrons. The third kappa shape index (κ3) is 2.86. The van der Waals surface area contributed by atoms with E-state index in [4.69, 9.17) is 0 Å². The molecule has 0 amide bonds. The van der Waals surface area contributed by atoms with Gasteiger partial charge in [-0.3, -0.25) is 0 Å². The lowest BCUT2D eigenvalue weighted by Crippen LogP contribution is -2.17. The molecule has 0 spiro atoms. The summed E-state index contributed by atoms with van der Waals surface area (Å²) >= 11 is 0. The fraction of sp³-hybridized carbons (Fsp3) is 0.500. The van der Waals surface area contributed by atoms with Crippen LogP contribution in [0, 0.1) is 5.82 Å². The number of benzene rings is 1. The summed E-state index contributed by atoms with van der Waals surface area (Å²) in [7, 11) is 0. The molecule has 1 heterocycles. The number of halogens is 6. The van der Waals surface area contributed by atoms with Crippen LogP contribution in [0.4, 0.5) is 26.3 Å². The van der Waals surface area contributed by atoms with E-state index >= 15 is 0 Å². The first-order chi connectivity index (χ1) is 8.80. The maximum Gasteiger partial charge on any atom is 0.419 e. The maximum atomic E-state index is 13.5. The highest BCUT2D eigenvalue weighted by atomic mass is 19.4. The summed E-state index contributed by atoms with van der Waals surface area (Å²) in [6.45, 7) is 0.605. The third-order valence-electron chi connectivity index (χ3n) is 3.13. The number of hydrogen-bond acceptors (Lipinski definition) is 1. The average Bonchev–Trinajstić information content (AvgIpc) is 2.80. The van der Waals surface area contributed by atoms with E-state index in [9.17, 15) is 26.3 Å². The van der Waals surface area contributed by atoms with Gasteiger partial charge in [-0.15, -0.1) is 0 Å². The van der Waals surface area contributed by atoms with Gasteiger partial charge in [0.25, 0.3) is 6.43 Å². The van der Waals surface area contributed by atoms with Crippen molar-refractivity contribution in [3.8, 4) is 0 Å². The molecule has 1 aliphatic heterocycles. The van der Waals surface area contributed by atoms with Crippen molar-refractivity contribution < 1.29 is 26.3 Å². The van der Waals surface area contributed by atoms with E-state index in [1.165, 1.54) is 0 Å². The largest absolute Gasteiger partial charge is 0.419 e. The van der Waals surface area contributed by atoms with Gasteiger partial charge in [0.15, 0.2) is 0 Å². The van der Waals surface area contributed by atoms with Crippen LogP contribution >= 0.6 is 0 Å². The van der Waals surface area contributed by atoms with Crippen LogP contribution in [0.3, 0.4) is 0 Å². The molecule has 106 valence electrons. The van der Waals surface area contributed by atoms with Crippen molar-refractivity contribution in [3.05, 3.63) is 34.6 Å². The van der Waals surface area contributed by atoms with Gasteiger partial charge >= 0.3 is 6.18 Å². The molecule has 1 aromatic rings. The normalized spacial score (nSPS) is 20.3. The van der Waals surface area contributed by atoms with Crippen molar-refractivity contribution in [1.29, 1.82) is 0 Å². The first-order valence-electron chi connectivity index (χ1n) is 5.72. The number of hydrogen-bond donors (Lipinski definition) is 1. The molecule has 19 heavy (non-hydrogen) atoms. The predicted octanol–water partition coefficient (Wildman–Crippen LogP) is 4.21. The molecule has 1 nitrogen and oxygen atoms in total. The summed E-state index contributed by atoms with van der Waals surface area (Å²) in [5.74, 6) is -1.88. The second-order valence-electron chi connectivity index (χ2n) is 4.42. The molecule has 1 fully saturated rings. The fourth-order valence-corrected chi connectivity index (χ4v) is 2.21. The van der Waals surface area contributed by atoms with E-state index in [2.05, 4.69) is 5.32 Å². The van der Waals surface area contributed by atoms with Gasteiger partial charge in [-0.2, -0.15) is 13.2 Å². The number of rotatable bonds is 2. The van der Waals surface area contributed by atoms with Crippen molar-refractivity contribution in [2.75, 3.05) is 6.54 Å². The second kappa shape index (κ2) is 5.03. The molecular weight excluding hydrogens is 272 g/mol. The van der Waals surface area contributed by atoms with Crippen molar-refractivity contribution in [2.24, 2.45) is 0 Å². The van der Waals surface area contributed by atoms with Crippen LogP contribution in [-0.2, 0) is 6.18 Å². The number of nitrogens with one attached hydrogen (secondary N) is 1. The smallest absolute Gasteiger partial charge is 0.310 e. The Labute approximate surface area is 105 Å². The van der Waals surface area contributed by atoms with Crippen LogP contribution in [0.5, 0.6) is 0 Å². The molecule has 1 saturated heterocycles. The van der Waals surface area contributed by atoms with E-state index in [0.29, 0.717) is 19.0 Å². The Morgan fingerprint density at radius 2 is 1.89 bits per heavy atom. The second-order valence-corrected chi connectivity index (χ2v) is 4.42. The Hall–Kier alpha value is -1.24. The summed E-state index contributed by atoms with van der Waals surface area (Å²) in [5.41, 5.74) is -2.77. The molecule has 1 aliphatic rings. The molecule has 0 aromatic heterocycles. The molecule has 1 atom stereocenters. The highest BCUT2D eigenvalue weighted by Crippen LogP contribution is 2.38. The van der Waals surface area contributed by atoms with E-state index in [1.54, 1.807) is 0 Å². The van der Waals surface area contributed by atoms with Gasteiger partial charge in [-0.25, -0.2) is 13.2 Å². The lowest BCUT2D eigenvalue weighted by atomic mass is 9.98. The van der Waals surface area contributed by atoms with Gasteiger partial charge < -0.3 is 5.32 Å². The zero-order chi connectivity index (χ0) is 14.2. The Morgan fingerprint density at radius 3 is 2.37 bits per heavy atom. The van der Waals surface area contributed by atoms with E-state index in [-0.39, 0.29) is 5.56 Å². The quantitative estimate of drug-likeness (QED) is 0.802. The van der Waals surface area contributed by atoms with Crippen molar-refractivity contribution >= 4 is 0 Å². The SMILES string of the molecule is Fc1c(C(F)F)cc([C@H]2CCCN2)cc1C(F)(F)F. The van der Waals surface area contributed by atoms with E-state index < -0.39 is 35.6 Å². The molecule has 0 bridgehead atoms. The van der Waals surface area contributed by atoms with Crippen LogP contribution in [0.15, 0.2) is 12.1 Å². The third-order valence-corrected chi connectivity index (χ3v) is 3.13. The molecule has 1 N–H and O–H groups in total. The summed E-state index contributed by atoms with van der Waals surface area (Å²) in [6.07, 6.45) is -6.97. The molecule has 2 rings (SSSR count). The minimum atomic E-state index is -4.98. The highest BCUT2D eigenvalue weighted by molar-refractivity contribution is 5.36. The van der Waals surface area contributed by atoms with Crippen LogP contribution in [0.1, 0.15) is 42.0 Å². The van der Waals surface area contributed by atoms with Crippen molar-refractivity contribution in [2.45, 2.75) is 31.5 Å². The first-order valence-corrected chi connectivity index (χ1v) is 5.72. The molecule has 0 saturated carbocycles. The van der Waals surface area contributed by atoms with E-state index in [1.807, 2.05) is 0 Å². The van der Waals surface area contributed by atoms with Gasteiger partial charge in [-0.1, -0.05) is 0 Å². The first kappa shape index (κ1) is 14.2. The van der Waals surface area contributed by atoms with Crippen LogP contribution in [0.2, 0.25) is 0 Å². The topological polar surface area (TPSA) is 12.0 Å². The summed E-state index contributed by atoms with van der Waals surface area (Å²) in [6, 6.07) is 1.00. The standard InChI is InChI=1S/C12H11F6N/c13-10-7(11(14)15)4-6(9-2-1-3-19-9)5-8(10)12(16,17)18/h4-5,9,11,19H,1-3H2/t9-/m1/s1. The molecule has 1 aromatic carbocycles.